The fraction of sp³-hybridized carbons (Fsp3) is 1.00. The van der Waals surface area contributed by atoms with E-state index >= 15 is 0 Å². The van der Waals surface area contributed by atoms with Crippen molar-refractivity contribution in [2.45, 2.75) is 122 Å². The molecule has 2 N–H and O–H groups in total. The second-order valence-corrected chi connectivity index (χ2v) is 15.7. The van der Waals surface area contributed by atoms with Crippen LogP contribution in [0.25, 0.3) is 0 Å². The third-order valence-corrected chi connectivity index (χ3v) is 12.6. The number of likely N-dealkylation sites (tertiary alicyclic amines) is 2. The molecule has 3 rings (SSSR count). The van der Waals surface area contributed by atoms with Crippen molar-refractivity contribution in [3.8, 4) is 0 Å². The summed E-state index contributed by atoms with van der Waals surface area (Å²) < 4.78 is 0. The van der Waals surface area contributed by atoms with Crippen molar-refractivity contribution >= 4 is 0 Å². The highest BCUT2D eigenvalue weighted by atomic mass is 16.3. The average Bonchev–Trinajstić information content (AvgIpc) is 2.90. The first-order chi connectivity index (χ1) is 18.6. The molecule has 0 saturated carbocycles. The van der Waals surface area contributed by atoms with Crippen LogP contribution in [0.15, 0.2) is 0 Å². The van der Waals surface area contributed by atoms with Gasteiger partial charge in [-0.3, -0.25) is 0 Å². The van der Waals surface area contributed by atoms with E-state index in [2.05, 4.69) is 105 Å². The average molecular weight is 566 g/mol. The molecule has 0 unspecified atom stereocenters. The third kappa shape index (κ3) is 9.68. The van der Waals surface area contributed by atoms with Gasteiger partial charge in [-0.25, -0.2) is 0 Å². The van der Waals surface area contributed by atoms with Gasteiger partial charge in [0.1, 0.15) is 0 Å². The molecule has 3 fully saturated rings. The van der Waals surface area contributed by atoms with Crippen molar-refractivity contribution in [1.29, 1.82) is 0 Å². The summed E-state index contributed by atoms with van der Waals surface area (Å²) in [5, 5.41) is 12.4. The minimum absolute atomic E-state index is 0.302. The van der Waals surface area contributed by atoms with E-state index in [0.29, 0.717) is 22.9 Å². The Kier molecular flexibility index (Phi) is 16.3. The standard InChI is InChI=1S/C13H27NO.C12H25N.C11H23N/c1-11(2)13(12(3)4)5-7-14(8-6-13)9-10-15;1-10(2)12(11(3)4)6-8-13(5)9-7-12;1-9(2)11(10(3)4)5-7-12-8-6-11/h11-12,15H,5-10H2,1-4H3;10-11H,6-9H2,1-5H3;9-10,12H,5-8H2,1-4H3. The first-order valence-electron chi connectivity index (χ1n) is 17.3. The maximum atomic E-state index is 8.93. The summed E-state index contributed by atoms with van der Waals surface area (Å²) in [5.74, 6) is 4.88. The Bertz CT molecular complexity index is 617. The number of hydrogen-bond acceptors (Lipinski definition) is 4. The van der Waals surface area contributed by atoms with Gasteiger partial charge >= 0.3 is 0 Å². The van der Waals surface area contributed by atoms with E-state index in [9.17, 15) is 0 Å². The van der Waals surface area contributed by atoms with Crippen LogP contribution in [0.4, 0.5) is 0 Å². The van der Waals surface area contributed by atoms with Gasteiger partial charge < -0.3 is 20.2 Å². The zero-order valence-corrected chi connectivity index (χ0v) is 29.7. The lowest BCUT2D eigenvalue weighted by Crippen LogP contribution is -2.46. The molecule has 4 heteroatoms. The Morgan fingerprint density at radius 1 is 0.525 bits per heavy atom. The Labute approximate surface area is 252 Å². The maximum absolute atomic E-state index is 8.93. The molecule has 0 aromatic rings. The second kappa shape index (κ2) is 17.2. The van der Waals surface area contributed by atoms with E-state index in [4.69, 9.17) is 5.11 Å². The van der Waals surface area contributed by atoms with Gasteiger partial charge in [-0.1, -0.05) is 83.1 Å². The van der Waals surface area contributed by atoms with E-state index in [-0.39, 0.29) is 0 Å². The molecular formula is C36H75N3O. The molecule has 0 aliphatic carbocycles. The van der Waals surface area contributed by atoms with Gasteiger partial charge in [-0.2, -0.15) is 0 Å². The minimum atomic E-state index is 0.302. The Balaban J connectivity index is 0.000000302. The number of piperidine rings is 3. The lowest BCUT2D eigenvalue weighted by Gasteiger charge is -2.47. The number of rotatable bonds is 8. The van der Waals surface area contributed by atoms with Gasteiger partial charge in [0.05, 0.1) is 6.61 Å². The number of aliphatic hydroxyl groups excluding tert-OH is 1. The fourth-order valence-corrected chi connectivity index (χ4v) is 8.73. The first kappa shape index (κ1) is 37.9. The molecule has 240 valence electrons. The van der Waals surface area contributed by atoms with E-state index in [1.54, 1.807) is 0 Å². The number of nitrogens with one attached hydrogen (secondary N) is 1. The van der Waals surface area contributed by atoms with Gasteiger partial charge in [-0.15, -0.1) is 0 Å². The predicted molar refractivity (Wildman–Crippen MR) is 178 cm³/mol. The van der Waals surface area contributed by atoms with E-state index < -0.39 is 0 Å². The Hall–Kier alpha value is -0.160. The summed E-state index contributed by atoms with van der Waals surface area (Å²) in [7, 11) is 2.24. The summed E-state index contributed by atoms with van der Waals surface area (Å²) in [6, 6.07) is 0. The fourth-order valence-electron chi connectivity index (χ4n) is 8.73. The Morgan fingerprint density at radius 3 is 1.10 bits per heavy atom. The zero-order chi connectivity index (χ0) is 30.7. The largest absolute Gasteiger partial charge is 0.395 e. The highest BCUT2D eigenvalue weighted by Gasteiger charge is 2.40. The summed E-state index contributed by atoms with van der Waals surface area (Å²) in [6.07, 6.45) is 8.09. The van der Waals surface area contributed by atoms with Gasteiger partial charge in [0.15, 0.2) is 0 Å². The van der Waals surface area contributed by atoms with Gasteiger partial charge in [0, 0.05) is 6.54 Å². The summed E-state index contributed by atoms with van der Waals surface area (Å²) in [4.78, 5) is 4.85. The van der Waals surface area contributed by atoms with E-state index in [0.717, 1.165) is 55.1 Å². The summed E-state index contributed by atoms with van der Waals surface area (Å²) in [5.41, 5.74) is 1.77. The zero-order valence-electron chi connectivity index (χ0n) is 29.7. The van der Waals surface area contributed by atoms with Crippen molar-refractivity contribution in [2.75, 3.05) is 59.5 Å². The molecule has 3 saturated heterocycles. The van der Waals surface area contributed by atoms with Crippen molar-refractivity contribution in [2.24, 2.45) is 51.8 Å². The third-order valence-electron chi connectivity index (χ3n) is 12.6. The number of β-amino-alcohol motifs (C(OH)–C–C–N with tert-alkyl or cyclic N) is 1. The minimum Gasteiger partial charge on any atom is -0.395 e. The normalized spacial score (nSPS) is 23.4. The predicted octanol–water partition coefficient (Wildman–Crippen LogP) is 8.05. The second-order valence-electron chi connectivity index (χ2n) is 15.7. The number of hydrogen-bond donors (Lipinski definition) is 2. The molecule has 3 aliphatic rings. The van der Waals surface area contributed by atoms with Crippen LogP contribution in [-0.2, 0) is 0 Å². The smallest absolute Gasteiger partial charge is 0.0558 e. The van der Waals surface area contributed by atoms with Crippen molar-refractivity contribution < 1.29 is 5.11 Å². The summed E-state index contributed by atoms with van der Waals surface area (Å²) in [6.45, 7) is 37.0. The van der Waals surface area contributed by atoms with Crippen LogP contribution in [0.1, 0.15) is 122 Å². The lowest BCUT2D eigenvalue weighted by molar-refractivity contribution is 0.0145. The molecule has 3 heterocycles. The Morgan fingerprint density at radius 2 is 0.825 bits per heavy atom. The highest BCUT2D eigenvalue weighted by molar-refractivity contribution is 4.92. The summed E-state index contributed by atoms with van der Waals surface area (Å²) >= 11 is 0. The quantitative estimate of drug-likeness (QED) is 0.312. The van der Waals surface area contributed by atoms with Crippen LogP contribution in [0.3, 0.4) is 0 Å². The molecule has 4 nitrogen and oxygen atoms in total. The molecule has 0 aromatic heterocycles. The maximum Gasteiger partial charge on any atom is 0.0558 e. The topological polar surface area (TPSA) is 38.7 Å². The highest BCUT2D eigenvalue weighted by Crippen LogP contribution is 2.46. The molecule has 40 heavy (non-hydrogen) atoms. The van der Waals surface area contributed by atoms with Gasteiger partial charge in [-0.05, 0) is 137 Å². The molecule has 0 atom stereocenters. The van der Waals surface area contributed by atoms with Crippen LogP contribution in [0.5, 0.6) is 0 Å². The monoisotopic (exact) mass is 566 g/mol. The van der Waals surface area contributed by atoms with Gasteiger partial charge in [0.2, 0.25) is 0 Å². The van der Waals surface area contributed by atoms with Crippen LogP contribution in [-0.4, -0.2) is 74.4 Å². The molecule has 0 spiro atoms. The van der Waals surface area contributed by atoms with Crippen molar-refractivity contribution in [3.05, 3.63) is 0 Å². The lowest BCUT2D eigenvalue weighted by atomic mass is 9.63. The van der Waals surface area contributed by atoms with Crippen LogP contribution in [0, 0.1) is 51.8 Å². The van der Waals surface area contributed by atoms with Crippen LogP contribution < -0.4 is 5.32 Å². The molecule has 0 radical (unpaired) electrons. The molecule has 3 aliphatic heterocycles. The van der Waals surface area contributed by atoms with Crippen LogP contribution >= 0.6 is 0 Å². The van der Waals surface area contributed by atoms with Crippen molar-refractivity contribution in [3.63, 3.8) is 0 Å². The number of nitrogens with zero attached hydrogens (tertiary/aromatic N) is 2. The van der Waals surface area contributed by atoms with Gasteiger partial charge in [0.25, 0.3) is 0 Å². The molecule has 0 bridgehead atoms. The van der Waals surface area contributed by atoms with E-state index in [1.807, 2.05) is 0 Å². The molecule has 0 aromatic carbocycles. The number of aliphatic hydroxyl groups is 1. The first-order valence-corrected chi connectivity index (χ1v) is 17.3. The van der Waals surface area contributed by atoms with E-state index in [1.165, 1.54) is 64.7 Å². The molecule has 0 amide bonds. The SMILES string of the molecule is CC(C)C1(C(C)C)CCN(C)CC1.CC(C)C1(C(C)C)CCN(CCO)CC1.CC(C)C1(C(C)C)CCNCC1. The van der Waals surface area contributed by atoms with Crippen molar-refractivity contribution in [1.82, 2.24) is 15.1 Å². The van der Waals surface area contributed by atoms with Crippen LogP contribution in [0.2, 0.25) is 0 Å². The molecular weight excluding hydrogens is 490 g/mol.